The number of pyridine rings is 1. The molecule has 0 radical (unpaired) electrons. The van der Waals surface area contributed by atoms with Crippen molar-refractivity contribution in [3.8, 4) is 11.4 Å². The van der Waals surface area contributed by atoms with Crippen LogP contribution in [0.15, 0.2) is 91.3 Å². The molecule has 10 nitrogen and oxygen atoms in total. The Hall–Kier alpha value is -4.77. The molecule has 0 saturated carbocycles. The molecule has 0 bridgehead atoms. The lowest BCUT2D eigenvalue weighted by atomic mass is 10.0. The number of methoxy groups -OCH3 is 1. The summed E-state index contributed by atoms with van der Waals surface area (Å²) in [7, 11) is 1.55. The average Bonchev–Trinajstić information content (AvgIpc) is 3.57. The molecule has 0 unspecified atom stereocenters. The summed E-state index contributed by atoms with van der Waals surface area (Å²) in [4.78, 5) is 30.5. The van der Waals surface area contributed by atoms with Crippen LogP contribution in [0.25, 0.3) is 5.69 Å². The van der Waals surface area contributed by atoms with Crippen molar-refractivity contribution in [2.45, 2.75) is 18.5 Å². The number of carbonyl (C=O) groups excluding carboxylic acids is 1. The van der Waals surface area contributed by atoms with Crippen LogP contribution in [-0.4, -0.2) is 44.0 Å². The molecule has 1 aliphatic heterocycles. The second-order valence-corrected chi connectivity index (χ2v) is 9.29. The van der Waals surface area contributed by atoms with Crippen LogP contribution >= 0.6 is 12.2 Å². The highest BCUT2D eigenvalue weighted by atomic mass is 32.1. The number of hydrogen-bond acceptors (Lipinski definition) is 6. The molecule has 2 atom stereocenters. The van der Waals surface area contributed by atoms with Crippen molar-refractivity contribution in [2.24, 2.45) is 0 Å². The number of nitrogens with zero attached hydrogens (tertiary/aromatic N) is 4. The number of thiocarbonyl (C=S) groups is 1. The highest BCUT2D eigenvalue weighted by Crippen LogP contribution is 2.40. The number of benzene rings is 2. The first kappa shape index (κ1) is 25.9. The smallest absolute Gasteiger partial charge is 0.271 e. The Balaban J connectivity index is 1.46. The fourth-order valence-electron chi connectivity index (χ4n) is 4.78. The minimum atomic E-state index is -0.414. The van der Waals surface area contributed by atoms with E-state index in [1.807, 2.05) is 64.2 Å². The molecular weight excluding hydrogens is 516 g/mol. The Morgan fingerprint density at radius 3 is 2.72 bits per heavy atom. The molecule has 39 heavy (non-hydrogen) atoms. The zero-order valence-corrected chi connectivity index (χ0v) is 21.9. The first-order chi connectivity index (χ1) is 19.0. The predicted octanol–water partition coefficient (Wildman–Crippen LogP) is 4.79. The summed E-state index contributed by atoms with van der Waals surface area (Å²) in [5.74, 6) is 0.392. The van der Waals surface area contributed by atoms with E-state index in [4.69, 9.17) is 17.0 Å². The number of nitro groups is 1. The molecule has 2 aromatic carbocycles. The fraction of sp³-hybridized carbons (Fsp3) is 0.179. The van der Waals surface area contributed by atoms with Gasteiger partial charge in [0.25, 0.3) is 5.69 Å². The van der Waals surface area contributed by atoms with E-state index in [9.17, 15) is 14.9 Å². The topological polar surface area (TPSA) is 115 Å². The van der Waals surface area contributed by atoms with Gasteiger partial charge in [-0.05, 0) is 54.7 Å². The third-order valence-electron chi connectivity index (χ3n) is 6.56. The van der Waals surface area contributed by atoms with Crippen molar-refractivity contribution >= 4 is 34.6 Å². The minimum Gasteiger partial charge on any atom is -0.495 e. The third-order valence-corrected chi connectivity index (χ3v) is 6.91. The largest absolute Gasteiger partial charge is 0.495 e. The van der Waals surface area contributed by atoms with Gasteiger partial charge in [0.05, 0.1) is 41.2 Å². The summed E-state index contributed by atoms with van der Waals surface area (Å²) in [5.41, 5.74) is 2.88. The second-order valence-electron chi connectivity index (χ2n) is 8.90. The van der Waals surface area contributed by atoms with Gasteiger partial charge in [0.15, 0.2) is 5.11 Å². The Kier molecular flexibility index (Phi) is 7.50. The van der Waals surface area contributed by atoms with E-state index in [1.54, 1.807) is 31.5 Å². The van der Waals surface area contributed by atoms with Gasteiger partial charge in [0.2, 0.25) is 5.91 Å². The maximum atomic E-state index is 12.9. The van der Waals surface area contributed by atoms with E-state index in [0.29, 0.717) is 28.8 Å². The van der Waals surface area contributed by atoms with Crippen molar-refractivity contribution in [3.05, 3.63) is 113 Å². The molecule has 3 heterocycles. The molecule has 0 aliphatic carbocycles. The van der Waals surface area contributed by atoms with Crippen molar-refractivity contribution in [2.75, 3.05) is 19.0 Å². The monoisotopic (exact) mass is 542 g/mol. The van der Waals surface area contributed by atoms with Gasteiger partial charge in [0, 0.05) is 43.2 Å². The van der Waals surface area contributed by atoms with Gasteiger partial charge in [-0.1, -0.05) is 24.3 Å². The number of nitro benzene ring substituents is 1. The van der Waals surface area contributed by atoms with Crippen LogP contribution in [0.2, 0.25) is 0 Å². The Morgan fingerprint density at radius 1 is 1.13 bits per heavy atom. The Labute approximate surface area is 230 Å². The lowest BCUT2D eigenvalue weighted by Gasteiger charge is -2.28. The van der Waals surface area contributed by atoms with E-state index < -0.39 is 4.92 Å². The number of hydrogen-bond donors (Lipinski definition) is 2. The van der Waals surface area contributed by atoms with Crippen LogP contribution in [0.5, 0.6) is 5.75 Å². The van der Waals surface area contributed by atoms with Crippen LogP contribution in [0.1, 0.15) is 29.9 Å². The molecule has 1 saturated heterocycles. The number of ether oxygens (including phenoxy) is 1. The molecule has 5 rings (SSSR count). The molecule has 1 fully saturated rings. The summed E-state index contributed by atoms with van der Waals surface area (Å²) < 4.78 is 7.25. The molecule has 1 aliphatic rings. The van der Waals surface area contributed by atoms with E-state index in [1.165, 1.54) is 12.1 Å². The zero-order chi connectivity index (χ0) is 27.4. The van der Waals surface area contributed by atoms with E-state index in [2.05, 4.69) is 15.6 Å². The average molecular weight is 543 g/mol. The number of nitrogens with one attached hydrogen (secondary N) is 2. The van der Waals surface area contributed by atoms with Crippen LogP contribution in [0.4, 0.5) is 11.4 Å². The van der Waals surface area contributed by atoms with E-state index in [-0.39, 0.29) is 30.1 Å². The summed E-state index contributed by atoms with van der Waals surface area (Å²) in [6, 6.07) is 22.6. The summed E-state index contributed by atoms with van der Waals surface area (Å²) in [6.07, 6.45) is 3.75. The molecule has 0 spiro atoms. The minimum absolute atomic E-state index is 0.00152. The maximum absolute atomic E-state index is 12.9. The summed E-state index contributed by atoms with van der Waals surface area (Å²) >= 11 is 5.74. The fourth-order valence-corrected chi connectivity index (χ4v) is 5.11. The van der Waals surface area contributed by atoms with Crippen LogP contribution in [-0.2, 0) is 4.79 Å². The standard InChI is InChI=1S/C28H26N6O4S/c1-38-24-13-3-2-10-21(24)30-25(35)14-17-33-27(26(31-28(33)39)22-11-4-5-15-29-22)23-12-7-16-32(23)19-8-6-9-20(18-19)34(36)37/h2-13,15-16,18,26-27H,14,17H2,1H3,(H,30,35)(H,31,39)/t26-,27+/m1/s1. The van der Waals surface area contributed by atoms with Crippen LogP contribution < -0.4 is 15.4 Å². The third kappa shape index (κ3) is 5.43. The molecule has 1 amide bonds. The molecular formula is C28H26N6O4S. The highest BCUT2D eigenvalue weighted by molar-refractivity contribution is 7.80. The van der Waals surface area contributed by atoms with Crippen molar-refractivity contribution in [1.82, 2.24) is 19.8 Å². The van der Waals surface area contributed by atoms with Gasteiger partial charge in [-0.25, -0.2) is 0 Å². The van der Waals surface area contributed by atoms with Crippen LogP contribution in [0, 0.1) is 10.1 Å². The Morgan fingerprint density at radius 2 is 1.95 bits per heavy atom. The number of para-hydroxylation sites is 2. The molecule has 2 aromatic heterocycles. The SMILES string of the molecule is COc1ccccc1NC(=O)CCN1C(=S)N[C@H](c2ccccn2)[C@@H]1c1cccn1-c1cccc([N+](=O)[O-])c1. The van der Waals surface area contributed by atoms with Crippen LogP contribution in [0.3, 0.4) is 0 Å². The van der Waals surface area contributed by atoms with Gasteiger partial charge in [0.1, 0.15) is 5.75 Å². The van der Waals surface area contributed by atoms with Crippen molar-refractivity contribution < 1.29 is 14.5 Å². The number of non-ortho nitro benzene ring substituents is 1. The molecule has 4 aromatic rings. The first-order valence-corrected chi connectivity index (χ1v) is 12.7. The predicted molar refractivity (Wildman–Crippen MR) is 151 cm³/mol. The lowest BCUT2D eigenvalue weighted by molar-refractivity contribution is -0.384. The summed E-state index contributed by atoms with van der Waals surface area (Å²) in [5, 5.41) is 18.2. The van der Waals surface area contributed by atoms with Gasteiger partial charge in [-0.3, -0.25) is 19.9 Å². The number of amides is 1. The number of aromatic nitrogens is 2. The first-order valence-electron chi connectivity index (χ1n) is 12.3. The van der Waals surface area contributed by atoms with Crippen molar-refractivity contribution in [1.29, 1.82) is 0 Å². The molecule has 11 heteroatoms. The van der Waals surface area contributed by atoms with Crippen molar-refractivity contribution in [3.63, 3.8) is 0 Å². The number of rotatable bonds is 9. The molecule has 2 N–H and O–H groups in total. The zero-order valence-electron chi connectivity index (χ0n) is 21.1. The van der Waals surface area contributed by atoms with Gasteiger partial charge < -0.3 is 24.8 Å². The second kappa shape index (κ2) is 11.3. The Bertz CT molecular complexity index is 1510. The maximum Gasteiger partial charge on any atom is 0.271 e. The number of carbonyl (C=O) groups is 1. The van der Waals surface area contributed by atoms with Gasteiger partial charge in [-0.15, -0.1) is 0 Å². The number of anilines is 1. The lowest BCUT2D eigenvalue weighted by Crippen LogP contribution is -2.33. The summed E-state index contributed by atoms with van der Waals surface area (Å²) in [6.45, 7) is 0.334. The highest BCUT2D eigenvalue weighted by Gasteiger charge is 2.41. The quantitative estimate of drug-likeness (QED) is 0.176. The molecule has 198 valence electrons. The normalized spacial score (nSPS) is 16.5. The van der Waals surface area contributed by atoms with Gasteiger partial charge >= 0.3 is 0 Å². The van der Waals surface area contributed by atoms with E-state index in [0.717, 1.165) is 11.4 Å². The van der Waals surface area contributed by atoms with E-state index >= 15 is 0 Å². The van der Waals surface area contributed by atoms with Gasteiger partial charge in [-0.2, -0.15) is 0 Å².